The van der Waals surface area contributed by atoms with E-state index in [2.05, 4.69) is 21.9 Å². The van der Waals surface area contributed by atoms with Gasteiger partial charge in [-0.3, -0.25) is 19.3 Å². The summed E-state index contributed by atoms with van der Waals surface area (Å²) in [6, 6.07) is 3.41. The summed E-state index contributed by atoms with van der Waals surface area (Å²) in [6.45, 7) is 1.20. The fraction of sp³-hybridized carbons (Fsp3) is 0.350. The van der Waals surface area contributed by atoms with Gasteiger partial charge < -0.3 is 14.4 Å². The highest BCUT2D eigenvalue weighted by molar-refractivity contribution is 9.10. The van der Waals surface area contributed by atoms with Crippen molar-refractivity contribution in [2.45, 2.75) is 12.8 Å². The third-order valence-electron chi connectivity index (χ3n) is 4.48. The largest absolute Gasteiger partial charge is 0.493 e. The number of hydrogen-bond donors (Lipinski definition) is 0. The summed E-state index contributed by atoms with van der Waals surface area (Å²) in [4.78, 5) is 40.2. The minimum Gasteiger partial charge on any atom is -0.493 e. The van der Waals surface area contributed by atoms with Crippen LogP contribution in [0.15, 0.2) is 21.5 Å². The van der Waals surface area contributed by atoms with Gasteiger partial charge in [-0.15, -0.1) is 6.42 Å². The number of terminal acetylenes is 1. The highest BCUT2D eigenvalue weighted by atomic mass is 79.9. The summed E-state index contributed by atoms with van der Waals surface area (Å²) in [5.74, 6) is 2.59. The van der Waals surface area contributed by atoms with Crippen molar-refractivity contribution in [2.24, 2.45) is 0 Å². The van der Waals surface area contributed by atoms with Crippen LogP contribution in [0, 0.1) is 12.3 Å². The number of amides is 3. The average molecular weight is 479 g/mol. The fourth-order valence-corrected chi connectivity index (χ4v) is 4.48. The van der Waals surface area contributed by atoms with Crippen LogP contribution >= 0.6 is 27.7 Å². The number of thioether (sulfide) groups is 1. The van der Waals surface area contributed by atoms with E-state index in [4.69, 9.17) is 15.9 Å². The molecule has 0 atom stereocenters. The van der Waals surface area contributed by atoms with Crippen LogP contribution < -0.4 is 9.47 Å². The maximum Gasteiger partial charge on any atom is 0.294 e. The molecule has 29 heavy (non-hydrogen) atoms. The number of rotatable bonds is 6. The molecule has 7 nitrogen and oxygen atoms in total. The quantitative estimate of drug-likeness (QED) is 0.461. The molecule has 0 radical (unpaired) electrons. The van der Waals surface area contributed by atoms with Gasteiger partial charge in [-0.2, -0.15) is 0 Å². The first kappa shape index (κ1) is 21.3. The molecule has 2 saturated heterocycles. The zero-order valence-corrected chi connectivity index (χ0v) is 18.2. The molecule has 9 heteroatoms. The average Bonchev–Trinajstić information content (AvgIpc) is 3.32. The number of hydrogen-bond acceptors (Lipinski definition) is 6. The highest BCUT2D eigenvalue weighted by Crippen LogP contribution is 2.39. The topological polar surface area (TPSA) is 76.2 Å². The van der Waals surface area contributed by atoms with Crippen LogP contribution in [0.3, 0.4) is 0 Å². The lowest BCUT2D eigenvalue weighted by Crippen LogP contribution is -2.40. The lowest BCUT2D eigenvalue weighted by molar-refractivity contribution is -0.135. The summed E-state index contributed by atoms with van der Waals surface area (Å²) in [6.07, 6.45) is 8.71. The van der Waals surface area contributed by atoms with E-state index in [1.54, 1.807) is 23.1 Å². The maximum absolute atomic E-state index is 12.7. The minimum absolute atomic E-state index is 0.0816. The van der Waals surface area contributed by atoms with Gasteiger partial charge in [0.1, 0.15) is 13.2 Å². The Morgan fingerprint density at radius 2 is 2.07 bits per heavy atom. The van der Waals surface area contributed by atoms with Gasteiger partial charge in [0.2, 0.25) is 5.91 Å². The predicted molar refractivity (Wildman–Crippen MR) is 114 cm³/mol. The highest BCUT2D eigenvalue weighted by Gasteiger charge is 2.37. The van der Waals surface area contributed by atoms with Crippen molar-refractivity contribution in [2.75, 3.05) is 33.4 Å². The van der Waals surface area contributed by atoms with Gasteiger partial charge in [0.25, 0.3) is 11.1 Å². The Kier molecular flexibility index (Phi) is 6.87. The van der Waals surface area contributed by atoms with Crippen LogP contribution in [0.1, 0.15) is 18.4 Å². The van der Waals surface area contributed by atoms with Gasteiger partial charge in [0.05, 0.1) is 16.5 Å². The molecule has 0 N–H and O–H groups in total. The van der Waals surface area contributed by atoms with E-state index < -0.39 is 11.1 Å². The predicted octanol–water partition coefficient (Wildman–Crippen LogP) is 3.13. The first-order chi connectivity index (χ1) is 13.9. The summed E-state index contributed by atoms with van der Waals surface area (Å²) in [5.41, 5.74) is 0.637. The van der Waals surface area contributed by atoms with Gasteiger partial charge in [-0.05, 0) is 64.3 Å². The van der Waals surface area contributed by atoms with Crippen LogP contribution in [-0.2, 0) is 9.59 Å². The summed E-state index contributed by atoms with van der Waals surface area (Å²) in [7, 11) is 1.49. The van der Waals surface area contributed by atoms with Crippen molar-refractivity contribution in [3.8, 4) is 23.8 Å². The summed E-state index contributed by atoms with van der Waals surface area (Å²) in [5, 5.41) is -0.450. The van der Waals surface area contributed by atoms with Crippen molar-refractivity contribution in [3.05, 3.63) is 27.1 Å². The molecule has 0 unspecified atom stereocenters. The van der Waals surface area contributed by atoms with Crippen molar-refractivity contribution in [1.29, 1.82) is 0 Å². The van der Waals surface area contributed by atoms with E-state index >= 15 is 0 Å². The SMILES string of the molecule is C#CCOc1c(Br)cc(/C=C2\SC(=O)N(CC(=O)N3CCCC3)C2=O)cc1OC. The Hall–Kier alpha value is -2.44. The van der Waals surface area contributed by atoms with E-state index in [1.807, 2.05) is 0 Å². The summed E-state index contributed by atoms with van der Waals surface area (Å²) >= 11 is 4.22. The number of likely N-dealkylation sites (tertiary alicyclic amines) is 1. The van der Waals surface area contributed by atoms with E-state index in [0.717, 1.165) is 29.5 Å². The molecule has 0 aromatic heterocycles. The monoisotopic (exact) mass is 478 g/mol. The third-order valence-corrected chi connectivity index (χ3v) is 5.97. The number of nitrogens with zero attached hydrogens (tertiary/aromatic N) is 2. The smallest absolute Gasteiger partial charge is 0.294 e. The van der Waals surface area contributed by atoms with E-state index in [9.17, 15) is 14.4 Å². The van der Waals surface area contributed by atoms with E-state index in [1.165, 1.54) is 7.11 Å². The normalized spacial score (nSPS) is 17.8. The molecule has 2 fully saturated rings. The van der Waals surface area contributed by atoms with Crippen molar-refractivity contribution < 1.29 is 23.9 Å². The number of benzene rings is 1. The van der Waals surface area contributed by atoms with Crippen LogP contribution in [0.4, 0.5) is 4.79 Å². The van der Waals surface area contributed by atoms with Gasteiger partial charge in [-0.25, -0.2) is 0 Å². The molecular weight excluding hydrogens is 460 g/mol. The molecule has 152 valence electrons. The van der Waals surface area contributed by atoms with E-state index in [-0.39, 0.29) is 24.0 Å². The molecule has 2 heterocycles. The van der Waals surface area contributed by atoms with Gasteiger partial charge >= 0.3 is 0 Å². The molecular formula is C20H19BrN2O5S. The van der Waals surface area contributed by atoms with Crippen LogP contribution in [0.2, 0.25) is 0 Å². The van der Waals surface area contributed by atoms with Crippen LogP contribution in [0.25, 0.3) is 6.08 Å². The van der Waals surface area contributed by atoms with Gasteiger partial charge in [0.15, 0.2) is 11.5 Å². The van der Waals surface area contributed by atoms with E-state index in [0.29, 0.717) is 34.6 Å². The number of ether oxygens (including phenoxy) is 2. The second-order valence-corrected chi connectivity index (χ2v) is 8.23. The lowest BCUT2D eigenvalue weighted by atomic mass is 10.2. The Balaban J connectivity index is 1.79. The maximum atomic E-state index is 12.7. The molecule has 0 bridgehead atoms. The first-order valence-electron chi connectivity index (χ1n) is 8.91. The standard InChI is InChI=1S/C20H19BrN2O5S/c1-3-8-28-18-14(21)9-13(10-15(18)27-2)11-16-19(25)23(20(26)29-16)12-17(24)22-6-4-5-7-22/h1,9-11H,4-8,12H2,2H3/b16-11-. The molecule has 1 aromatic rings. The Labute approximate surface area is 181 Å². The fourth-order valence-electron chi connectivity index (χ4n) is 3.07. The molecule has 2 aliphatic heterocycles. The van der Waals surface area contributed by atoms with Crippen molar-refractivity contribution in [1.82, 2.24) is 9.80 Å². The number of methoxy groups -OCH3 is 1. The molecule has 3 amide bonds. The number of imide groups is 1. The molecule has 0 saturated carbocycles. The zero-order valence-electron chi connectivity index (χ0n) is 15.8. The Morgan fingerprint density at radius 1 is 1.34 bits per heavy atom. The molecule has 1 aromatic carbocycles. The van der Waals surface area contributed by atoms with Crippen molar-refractivity contribution >= 4 is 50.8 Å². The molecule has 0 aliphatic carbocycles. The van der Waals surface area contributed by atoms with Gasteiger partial charge in [0, 0.05) is 13.1 Å². The van der Waals surface area contributed by atoms with Crippen molar-refractivity contribution in [3.63, 3.8) is 0 Å². The molecule has 2 aliphatic rings. The Bertz CT molecular complexity index is 918. The second-order valence-electron chi connectivity index (χ2n) is 6.38. The molecule has 3 rings (SSSR count). The number of halogens is 1. The van der Waals surface area contributed by atoms with Crippen LogP contribution in [0.5, 0.6) is 11.5 Å². The number of carbonyl (C=O) groups excluding carboxylic acids is 3. The minimum atomic E-state index is -0.477. The number of carbonyl (C=O) groups is 3. The zero-order chi connectivity index (χ0) is 21.0. The first-order valence-corrected chi connectivity index (χ1v) is 10.5. The second kappa shape index (κ2) is 9.37. The summed E-state index contributed by atoms with van der Waals surface area (Å²) < 4.78 is 11.4. The van der Waals surface area contributed by atoms with Crippen LogP contribution in [-0.4, -0.2) is 60.2 Å². The third kappa shape index (κ3) is 4.77. The lowest BCUT2D eigenvalue weighted by Gasteiger charge is -2.18. The van der Waals surface area contributed by atoms with Gasteiger partial charge in [-0.1, -0.05) is 5.92 Å². The molecule has 0 spiro atoms. The Morgan fingerprint density at radius 3 is 2.72 bits per heavy atom.